The number of aliphatic hydroxyl groups is 1. The third kappa shape index (κ3) is 3.04. The zero-order chi connectivity index (χ0) is 11.6. The smallest absolute Gasteiger partial charge is 0.224 e. The molecular weight excluding hydrogens is 214 g/mol. The van der Waals surface area contributed by atoms with Crippen molar-refractivity contribution in [1.29, 1.82) is 0 Å². The largest absolute Gasteiger partial charge is 0.394 e. The molecule has 4 nitrogen and oxygen atoms in total. The van der Waals surface area contributed by atoms with Gasteiger partial charge in [-0.1, -0.05) is 11.6 Å². The van der Waals surface area contributed by atoms with Gasteiger partial charge in [-0.3, -0.25) is 0 Å². The topological polar surface area (TPSA) is 58.0 Å². The minimum Gasteiger partial charge on any atom is -0.394 e. The van der Waals surface area contributed by atoms with Crippen LogP contribution in [0.4, 0.5) is 5.95 Å². The van der Waals surface area contributed by atoms with Crippen molar-refractivity contribution in [2.75, 3.05) is 11.9 Å². The van der Waals surface area contributed by atoms with Gasteiger partial charge in [0.25, 0.3) is 0 Å². The number of halogens is 1. The van der Waals surface area contributed by atoms with E-state index in [1.807, 2.05) is 27.7 Å². The number of anilines is 1. The highest BCUT2D eigenvalue weighted by Crippen LogP contribution is 2.18. The quantitative estimate of drug-likeness (QED) is 0.778. The van der Waals surface area contributed by atoms with Crippen LogP contribution < -0.4 is 5.32 Å². The van der Waals surface area contributed by atoms with Crippen LogP contribution in [0, 0.1) is 13.8 Å². The highest BCUT2D eigenvalue weighted by atomic mass is 35.5. The SMILES string of the molecule is Cc1nc(NC(C)(C)CO)nc(Cl)c1C. The van der Waals surface area contributed by atoms with Crippen molar-refractivity contribution >= 4 is 17.5 Å². The van der Waals surface area contributed by atoms with Crippen LogP contribution in [-0.4, -0.2) is 27.2 Å². The van der Waals surface area contributed by atoms with Gasteiger partial charge >= 0.3 is 0 Å². The highest BCUT2D eigenvalue weighted by Gasteiger charge is 2.18. The lowest BCUT2D eigenvalue weighted by Crippen LogP contribution is -2.35. The molecule has 84 valence electrons. The van der Waals surface area contributed by atoms with Crippen molar-refractivity contribution in [3.05, 3.63) is 16.4 Å². The van der Waals surface area contributed by atoms with E-state index in [1.165, 1.54) is 0 Å². The molecule has 0 aliphatic heterocycles. The van der Waals surface area contributed by atoms with E-state index < -0.39 is 5.54 Å². The van der Waals surface area contributed by atoms with E-state index in [9.17, 15) is 0 Å². The van der Waals surface area contributed by atoms with Crippen molar-refractivity contribution in [3.63, 3.8) is 0 Å². The normalized spacial score (nSPS) is 11.6. The molecule has 0 unspecified atom stereocenters. The maximum atomic E-state index is 9.10. The number of hydrogen-bond donors (Lipinski definition) is 2. The summed E-state index contributed by atoms with van der Waals surface area (Å²) < 4.78 is 0. The predicted octanol–water partition coefficient (Wildman–Crippen LogP) is 1.93. The van der Waals surface area contributed by atoms with Crippen LogP contribution >= 0.6 is 11.6 Å². The first-order chi connectivity index (χ1) is 6.85. The Morgan fingerprint density at radius 2 is 1.93 bits per heavy atom. The minimum absolute atomic E-state index is 0.000896. The van der Waals surface area contributed by atoms with Gasteiger partial charge in [-0.25, -0.2) is 9.97 Å². The molecule has 0 aliphatic rings. The van der Waals surface area contributed by atoms with Gasteiger partial charge in [-0.05, 0) is 27.7 Å². The molecule has 0 saturated heterocycles. The fraction of sp³-hybridized carbons (Fsp3) is 0.600. The summed E-state index contributed by atoms with van der Waals surface area (Å²) in [4.78, 5) is 8.35. The third-order valence-corrected chi connectivity index (χ3v) is 2.54. The molecule has 5 heteroatoms. The number of hydrogen-bond acceptors (Lipinski definition) is 4. The van der Waals surface area contributed by atoms with Gasteiger partial charge in [0.15, 0.2) is 0 Å². The first-order valence-corrected chi connectivity index (χ1v) is 5.13. The summed E-state index contributed by atoms with van der Waals surface area (Å²) in [6.07, 6.45) is 0. The van der Waals surface area contributed by atoms with Crippen LogP contribution in [0.5, 0.6) is 0 Å². The molecule has 0 saturated carbocycles. The Bertz CT molecular complexity index is 343. The Hall–Kier alpha value is -0.870. The Morgan fingerprint density at radius 1 is 1.33 bits per heavy atom. The first-order valence-electron chi connectivity index (χ1n) is 4.75. The van der Waals surface area contributed by atoms with Crippen LogP contribution in [-0.2, 0) is 0 Å². The average Bonchev–Trinajstić information content (AvgIpc) is 2.13. The molecule has 15 heavy (non-hydrogen) atoms. The zero-order valence-electron chi connectivity index (χ0n) is 9.43. The van der Waals surface area contributed by atoms with Gasteiger partial charge in [-0.2, -0.15) is 0 Å². The Balaban J connectivity index is 2.98. The van der Waals surface area contributed by atoms with E-state index in [4.69, 9.17) is 16.7 Å². The number of rotatable bonds is 3. The molecule has 1 aromatic rings. The summed E-state index contributed by atoms with van der Waals surface area (Å²) in [7, 11) is 0. The van der Waals surface area contributed by atoms with Crippen molar-refractivity contribution < 1.29 is 5.11 Å². The van der Waals surface area contributed by atoms with E-state index in [1.54, 1.807) is 0 Å². The summed E-state index contributed by atoms with van der Waals surface area (Å²) in [6.45, 7) is 7.47. The van der Waals surface area contributed by atoms with Gasteiger partial charge in [0.2, 0.25) is 5.95 Å². The van der Waals surface area contributed by atoms with Gasteiger partial charge in [0, 0.05) is 11.3 Å². The van der Waals surface area contributed by atoms with Crippen LogP contribution in [0.1, 0.15) is 25.1 Å². The number of aliphatic hydroxyl groups excluding tert-OH is 1. The van der Waals surface area contributed by atoms with Crippen LogP contribution in [0.2, 0.25) is 5.15 Å². The minimum atomic E-state index is -0.453. The van der Waals surface area contributed by atoms with Crippen LogP contribution in [0.25, 0.3) is 0 Å². The predicted molar refractivity (Wildman–Crippen MR) is 61.3 cm³/mol. The molecule has 0 atom stereocenters. The van der Waals surface area contributed by atoms with Gasteiger partial charge in [0.05, 0.1) is 12.1 Å². The van der Waals surface area contributed by atoms with Crippen molar-refractivity contribution in [2.24, 2.45) is 0 Å². The Labute approximate surface area is 94.7 Å². The molecule has 0 aliphatic carbocycles. The Kier molecular flexibility index (Phi) is 3.52. The standard InChI is InChI=1S/C10H16ClN3O/c1-6-7(2)12-9(13-8(6)11)14-10(3,4)5-15/h15H,5H2,1-4H3,(H,12,13,14). The molecule has 1 aromatic heterocycles. The molecule has 0 radical (unpaired) electrons. The summed E-state index contributed by atoms with van der Waals surface area (Å²) in [5.41, 5.74) is 1.26. The number of aryl methyl sites for hydroxylation is 1. The fourth-order valence-electron chi connectivity index (χ4n) is 0.992. The Morgan fingerprint density at radius 3 is 2.40 bits per heavy atom. The second-order valence-corrected chi connectivity index (χ2v) is 4.57. The monoisotopic (exact) mass is 229 g/mol. The van der Waals surface area contributed by atoms with Gasteiger partial charge < -0.3 is 10.4 Å². The average molecular weight is 230 g/mol. The van der Waals surface area contributed by atoms with Crippen LogP contribution in [0.3, 0.4) is 0 Å². The van der Waals surface area contributed by atoms with E-state index in [-0.39, 0.29) is 6.61 Å². The summed E-state index contributed by atoms with van der Waals surface area (Å²) >= 11 is 5.94. The molecule has 0 bridgehead atoms. The summed E-state index contributed by atoms with van der Waals surface area (Å²) in [5, 5.41) is 12.6. The third-order valence-electron chi connectivity index (χ3n) is 2.18. The molecular formula is C10H16ClN3O. The lowest BCUT2D eigenvalue weighted by Gasteiger charge is -2.23. The second kappa shape index (κ2) is 4.33. The fourth-order valence-corrected chi connectivity index (χ4v) is 1.21. The lowest BCUT2D eigenvalue weighted by molar-refractivity contribution is 0.233. The van der Waals surface area contributed by atoms with Gasteiger partial charge in [-0.15, -0.1) is 0 Å². The zero-order valence-corrected chi connectivity index (χ0v) is 10.2. The second-order valence-electron chi connectivity index (χ2n) is 4.22. The van der Waals surface area contributed by atoms with Gasteiger partial charge in [0.1, 0.15) is 5.15 Å². The van der Waals surface area contributed by atoms with Crippen molar-refractivity contribution in [3.8, 4) is 0 Å². The molecule has 0 spiro atoms. The summed E-state index contributed by atoms with van der Waals surface area (Å²) in [6, 6.07) is 0. The molecule has 0 fully saturated rings. The highest BCUT2D eigenvalue weighted by molar-refractivity contribution is 6.30. The number of nitrogens with zero attached hydrogens (tertiary/aromatic N) is 2. The van der Waals surface area contributed by atoms with Crippen LogP contribution in [0.15, 0.2) is 0 Å². The van der Waals surface area contributed by atoms with Crippen molar-refractivity contribution in [2.45, 2.75) is 33.2 Å². The molecule has 1 heterocycles. The molecule has 2 N–H and O–H groups in total. The number of nitrogens with one attached hydrogen (secondary N) is 1. The molecule has 0 aromatic carbocycles. The van der Waals surface area contributed by atoms with E-state index in [2.05, 4.69) is 15.3 Å². The van der Waals surface area contributed by atoms with E-state index >= 15 is 0 Å². The molecule has 0 amide bonds. The maximum Gasteiger partial charge on any atom is 0.224 e. The van der Waals surface area contributed by atoms with Crippen molar-refractivity contribution in [1.82, 2.24) is 9.97 Å². The van der Waals surface area contributed by atoms with E-state index in [0.29, 0.717) is 11.1 Å². The molecule has 1 rings (SSSR count). The first kappa shape index (κ1) is 12.2. The maximum absolute atomic E-state index is 9.10. The lowest BCUT2D eigenvalue weighted by atomic mass is 10.1. The summed E-state index contributed by atoms with van der Waals surface area (Å²) in [5.74, 6) is 0.446. The number of aromatic nitrogens is 2. The van der Waals surface area contributed by atoms with E-state index in [0.717, 1.165) is 11.3 Å².